The van der Waals surface area contributed by atoms with Crippen LogP contribution in [0.4, 0.5) is 5.69 Å². The number of methoxy groups -OCH3 is 7. The van der Waals surface area contributed by atoms with Gasteiger partial charge in [0, 0.05) is 48.7 Å². The number of carbonyl (C=O) groups is 1. The van der Waals surface area contributed by atoms with Crippen molar-refractivity contribution >= 4 is 11.6 Å². The van der Waals surface area contributed by atoms with E-state index in [1.165, 1.54) is 0 Å². The first-order chi connectivity index (χ1) is 26.3. The van der Waals surface area contributed by atoms with E-state index in [0.29, 0.717) is 40.1 Å². The molecule has 1 aromatic heterocycles. The summed E-state index contributed by atoms with van der Waals surface area (Å²) in [6.45, 7) is 2.38. The second-order valence-electron chi connectivity index (χ2n) is 12.8. The Balaban J connectivity index is 1.22. The topological polar surface area (TPSA) is 101 Å². The summed E-state index contributed by atoms with van der Waals surface area (Å²) in [7, 11) is 11.2. The molecule has 1 amide bonds. The van der Waals surface area contributed by atoms with Crippen molar-refractivity contribution in [3.8, 4) is 62.6 Å². The molecule has 2 heterocycles. The summed E-state index contributed by atoms with van der Waals surface area (Å²) in [5, 5.41) is 0. The molecule has 0 bridgehead atoms. The first-order valence-electron chi connectivity index (χ1n) is 17.7. The lowest BCUT2D eigenvalue weighted by Gasteiger charge is -2.39. The van der Waals surface area contributed by atoms with E-state index in [9.17, 15) is 4.79 Å². The summed E-state index contributed by atoms with van der Waals surface area (Å²) in [6.07, 6.45) is 3.43. The van der Waals surface area contributed by atoms with Crippen LogP contribution in [0.1, 0.15) is 28.8 Å². The molecule has 54 heavy (non-hydrogen) atoms. The number of benzene rings is 4. The van der Waals surface area contributed by atoms with Gasteiger partial charge in [0.1, 0.15) is 5.75 Å². The third-order valence-electron chi connectivity index (χ3n) is 9.79. The van der Waals surface area contributed by atoms with Crippen molar-refractivity contribution in [3.63, 3.8) is 0 Å². The van der Waals surface area contributed by atoms with E-state index in [4.69, 9.17) is 33.2 Å². The van der Waals surface area contributed by atoms with Gasteiger partial charge in [-0.15, -0.1) is 0 Å². The smallest absolute Gasteiger partial charge is 0.258 e. The highest BCUT2D eigenvalue weighted by Gasteiger charge is 2.30. The first-order valence-corrected chi connectivity index (χ1v) is 17.7. The summed E-state index contributed by atoms with van der Waals surface area (Å²) < 4.78 is 38.8. The summed E-state index contributed by atoms with van der Waals surface area (Å²) in [4.78, 5) is 23.6. The number of carbonyl (C=O) groups excluding carboxylic acids is 1. The monoisotopic (exact) mass is 733 g/mol. The number of hydrogen-bond acceptors (Lipinski definition) is 10. The summed E-state index contributed by atoms with van der Waals surface area (Å²) >= 11 is 0. The molecule has 0 saturated carbocycles. The fraction of sp³-hybridized carbons (Fsp3) is 0.302. The van der Waals surface area contributed by atoms with Crippen LogP contribution >= 0.6 is 0 Å². The summed E-state index contributed by atoms with van der Waals surface area (Å²) in [5.74, 6) is 3.94. The van der Waals surface area contributed by atoms with Crippen LogP contribution < -0.4 is 38.1 Å². The van der Waals surface area contributed by atoms with Gasteiger partial charge >= 0.3 is 0 Å². The van der Waals surface area contributed by atoms with E-state index < -0.39 is 0 Å². The van der Waals surface area contributed by atoms with Gasteiger partial charge in [0.15, 0.2) is 23.0 Å². The third kappa shape index (κ3) is 8.01. The zero-order valence-corrected chi connectivity index (χ0v) is 31.9. The Morgan fingerprint density at radius 2 is 1.22 bits per heavy atom. The van der Waals surface area contributed by atoms with Crippen LogP contribution in [0, 0.1) is 0 Å². The lowest BCUT2D eigenvalue weighted by atomic mass is 9.98. The van der Waals surface area contributed by atoms with Crippen molar-refractivity contribution in [2.75, 3.05) is 67.8 Å². The third-order valence-corrected chi connectivity index (χ3v) is 9.79. The van der Waals surface area contributed by atoms with E-state index in [-0.39, 0.29) is 11.9 Å². The number of piperidine rings is 1. The van der Waals surface area contributed by atoms with Crippen LogP contribution in [0.3, 0.4) is 0 Å². The SMILES string of the molecule is COc1ccc(N(C(=O)c2cccc(-c3cc(OC)c(OC)c(OC)c3)c2)C2CCN(Cc3ccnc(-c4cc(OC)c(OC)c(OC)c4)c3)CC2)cc1. The highest BCUT2D eigenvalue weighted by atomic mass is 16.5. The van der Waals surface area contributed by atoms with E-state index >= 15 is 0 Å². The van der Waals surface area contributed by atoms with Crippen molar-refractivity contribution < 1.29 is 38.0 Å². The summed E-state index contributed by atoms with van der Waals surface area (Å²) in [5.41, 5.74) is 5.91. The molecule has 1 fully saturated rings. The Morgan fingerprint density at radius 1 is 0.648 bits per heavy atom. The standard InChI is InChI=1S/C43H47N3O8/c1-48-35-13-11-33(12-14-35)46(43(47)30-10-8-9-29(22-30)31-23-37(49-2)41(53-6)38(24-31)50-3)34-16-19-45(20-17-34)27-28-15-18-44-36(21-28)32-25-39(51-4)42(54-7)40(26-32)52-5/h8-15,18,21-26,34H,16-17,19-20,27H2,1-7H3. The van der Waals surface area contributed by atoms with Gasteiger partial charge in [-0.3, -0.25) is 14.7 Å². The minimum atomic E-state index is -0.0722. The fourth-order valence-electron chi connectivity index (χ4n) is 7.01. The van der Waals surface area contributed by atoms with Crippen LogP contribution in [0.15, 0.2) is 91.1 Å². The second kappa shape index (κ2) is 17.3. The van der Waals surface area contributed by atoms with Crippen LogP contribution in [0.25, 0.3) is 22.4 Å². The number of hydrogen-bond donors (Lipinski definition) is 0. The largest absolute Gasteiger partial charge is 0.497 e. The van der Waals surface area contributed by atoms with Gasteiger partial charge in [0.05, 0.1) is 55.5 Å². The van der Waals surface area contributed by atoms with Crippen molar-refractivity contribution in [1.29, 1.82) is 0 Å². The molecule has 1 aliphatic heterocycles. The number of rotatable bonds is 14. The maximum absolute atomic E-state index is 14.6. The number of aromatic nitrogens is 1. The van der Waals surface area contributed by atoms with Crippen LogP contribution in [-0.4, -0.2) is 84.7 Å². The minimum Gasteiger partial charge on any atom is -0.497 e. The Morgan fingerprint density at radius 3 is 1.76 bits per heavy atom. The maximum atomic E-state index is 14.6. The van der Waals surface area contributed by atoms with Crippen LogP contribution in [0.2, 0.25) is 0 Å². The minimum absolute atomic E-state index is 0.0146. The lowest BCUT2D eigenvalue weighted by molar-refractivity contribution is 0.0958. The summed E-state index contributed by atoms with van der Waals surface area (Å²) in [6, 6.07) is 27.1. The predicted octanol–water partition coefficient (Wildman–Crippen LogP) is 7.79. The molecule has 4 aromatic carbocycles. The van der Waals surface area contributed by atoms with Crippen molar-refractivity contribution in [2.24, 2.45) is 0 Å². The molecule has 282 valence electrons. The average molecular weight is 734 g/mol. The Hall–Kier alpha value is -5.94. The molecule has 0 spiro atoms. The van der Waals surface area contributed by atoms with Gasteiger partial charge < -0.3 is 38.1 Å². The van der Waals surface area contributed by atoms with Crippen LogP contribution in [0.5, 0.6) is 40.2 Å². The Kier molecular flexibility index (Phi) is 12.1. The molecular weight excluding hydrogens is 686 g/mol. The van der Waals surface area contributed by atoms with Gasteiger partial charge in [-0.1, -0.05) is 12.1 Å². The van der Waals surface area contributed by atoms with Gasteiger partial charge in [0.25, 0.3) is 5.91 Å². The van der Waals surface area contributed by atoms with Gasteiger partial charge in [0.2, 0.25) is 11.5 Å². The van der Waals surface area contributed by atoms with E-state index in [2.05, 4.69) is 16.0 Å². The van der Waals surface area contributed by atoms with Gasteiger partial charge in [-0.05, 0) is 102 Å². The number of likely N-dealkylation sites (tertiary alicyclic amines) is 1. The fourth-order valence-corrected chi connectivity index (χ4v) is 7.01. The number of amides is 1. The van der Waals surface area contributed by atoms with Crippen molar-refractivity contribution in [3.05, 3.63) is 102 Å². The van der Waals surface area contributed by atoms with Gasteiger partial charge in [-0.2, -0.15) is 0 Å². The number of ether oxygens (including phenoxy) is 7. The molecule has 0 N–H and O–H groups in total. The zero-order chi connectivity index (χ0) is 38.2. The molecule has 1 aliphatic rings. The highest BCUT2D eigenvalue weighted by molar-refractivity contribution is 6.07. The highest BCUT2D eigenvalue weighted by Crippen LogP contribution is 2.42. The Bertz CT molecular complexity index is 2010. The molecule has 0 atom stereocenters. The van der Waals surface area contributed by atoms with Crippen LogP contribution in [-0.2, 0) is 6.54 Å². The molecular formula is C43H47N3O8. The molecule has 6 rings (SSSR count). The second-order valence-corrected chi connectivity index (χ2v) is 12.8. The molecule has 5 aromatic rings. The van der Waals surface area contributed by atoms with Crippen molar-refractivity contribution in [2.45, 2.75) is 25.4 Å². The molecule has 0 unspecified atom stereocenters. The Labute approximate surface area is 316 Å². The molecule has 0 aliphatic carbocycles. The van der Waals surface area contributed by atoms with Gasteiger partial charge in [-0.25, -0.2) is 0 Å². The van der Waals surface area contributed by atoms with Crippen molar-refractivity contribution in [1.82, 2.24) is 9.88 Å². The number of anilines is 1. The lowest BCUT2D eigenvalue weighted by Crippen LogP contribution is -2.47. The van der Waals surface area contributed by atoms with E-state index in [0.717, 1.165) is 71.9 Å². The molecule has 1 saturated heterocycles. The maximum Gasteiger partial charge on any atom is 0.258 e. The molecule has 11 heteroatoms. The zero-order valence-electron chi connectivity index (χ0n) is 31.9. The van der Waals surface area contributed by atoms with E-state index in [1.807, 2.05) is 90.0 Å². The molecule has 0 radical (unpaired) electrons. The number of nitrogens with zero attached hydrogens (tertiary/aromatic N) is 3. The number of pyridine rings is 1. The quantitative estimate of drug-likeness (QED) is 0.112. The first kappa shape index (κ1) is 37.8. The predicted molar refractivity (Wildman–Crippen MR) is 209 cm³/mol. The molecule has 11 nitrogen and oxygen atoms in total. The van der Waals surface area contributed by atoms with E-state index in [1.54, 1.807) is 49.8 Å². The normalized spacial score (nSPS) is 13.2. The average Bonchev–Trinajstić information content (AvgIpc) is 3.23.